The summed E-state index contributed by atoms with van der Waals surface area (Å²) in [4.78, 5) is 32.5. The van der Waals surface area contributed by atoms with Crippen LogP contribution in [-0.2, 0) is 9.59 Å². The lowest BCUT2D eigenvalue weighted by atomic mass is 10.2. The summed E-state index contributed by atoms with van der Waals surface area (Å²) >= 11 is 1.54. The first-order valence-electron chi connectivity index (χ1n) is 7.79. The molecule has 2 amide bonds. The molecule has 1 aliphatic rings. The smallest absolute Gasteiger partial charge is 0.249 e. The van der Waals surface area contributed by atoms with Crippen molar-refractivity contribution in [2.24, 2.45) is 0 Å². The lowest BCUT2D eigenvalue weighted by Gasteiger charge is -2.23. The molecule has 2 heterocycles. The Hall–Kier alpha value is -2.47. The quantitative estimate of drug-likeness (QED) is 0.804. The summed E-state index contributed by atoms with van der Waals surface area (Å²) in [5.41, 5.74) is 1.64. The molecule has 0 aliphatic carbocycles. The van der Waals surface area contributed by atoms with E-state index in [4.69, 9.17) is 0 Å². The van der Waals surface area contributed by atoms with Crippen LogP contribution in [0.15, 0.2) is 41.8 Å². The number of carbonyl (C=O) groups is 2. The Kier molecular flexibility index (Phi) is 4.76. The molecular weight excluding hydrogens is 322 g/mol. The molecule has 6 heteroatoms. The fourth-order valence-corrected chi connectivity index (χ4v) is 3.35. The standard InChI is InChI=1S/C18H19N3O2S/c1-13-19-14(12-24-13)8-9-17(22)20(2)16-10-11-21(18(16)23)15-6-4-3-5-7-15/h3-9,12,16H,10-11H2,1-2H3/b9-8+/t16-/m0/s1. The number of benzene rings is 1. The molecule has 1 aromatic heterocycles. The maximum Gasteiger partial charge on any atom is 0.249 e. The molecule has 0 spiro atoms. The van der Waals surface area contributed by atoms with Gasteiger partial charge in [-0.1, -0.05) is 18.2 Å². The largest absolute Gasteiger partial charge is 0.330 e. The molecule has 1 atom stereocenters. The topological polar surface area (TPSA) is 53.5 Å². The highest BCUT2D eigenvalue weighted by Gasteiger charge is 2.36. The van der Waals surface area contributed by atoms with Crippen molar-refractivity contribution in [3.8, 4) is 0 Å². The van der Waals surface area contributed by atoms with Crippen LogP contribution >= 0.6 is 11.3 Å². The second-order valence-corrected chi connectivity index (χ2v) is 6.77. The highest BCUT2D eigenvalue weighted by atomic mass is 32.1. The van der Waals surface area contributed by atoms with Crippen molar-refractivity contribution >= 4 is 34.9 Å². The molecule has 124 valence electrons. The van der Waals surface area contributed by atoms with Crippen LogP contribution < -0.4 is 4.90 Å². The summed E-state index contributed by atoms with van der Waals surface area (Å²) in [5.74, 6) is -0.219. The average molecular weight is 341 g/mol. The highest BCUT2D eigenvalue weighted by molar-refractivity contribution is 7.09. The predicted octanol–water partition coefficient (Wildman–Crippen LogP) is 2.73. The Morgan fingerprint density at radius 1 is 1.38 bits per heavy atom. The minimum absolute atomic E-state index is 0.0325. The van der Waals surface area contributed by atoms with Crippen LogP contribution in [0.25, 0.3) is 6.08 Å². The SMILES string of the molecule is Cc1nc(/C=C/C(=O)N(C)[C@H]2CCN(c3ccccc3)C2=O)cs1. The number of aromatic nitrogens is 1. The minimum Gasteiger partial charge on any atom is -0.330 e. The predicted molar refractivity (Wildman–Crippen MR) is 95.9 cm³/mol. The minimum atomic E-state index is -0.417. The highest BCUT2D eigenvalue weighted by Crippen LogP contribution is 2.23. The average Bonchev–Trinajstić information content (AvgIpc) is 3.18. The van der Waals surface area contributed by atoms with Gasteiger partial charge in [-0.15, -0.1) is 11.3 Å². The van der Waals surface area contributed by atoms with E-state index in [1.807, 2.05) is 42.6 Å². The molecule has 3 rings (SSSR count). The number of anilines is 1. The number of hydrogen-bond acceptors (Lipinski definition) is 4. The van der Waals surface area contributed by atoms with Crippen LogP contribution in [0, 0.1) is 6.92 Å². The van der Waals surface area contributed by atoms with E-state index in [2.05, 4.69) is 4.98 Å². The molecule has 1 fully saturated rings. The summed E-state index contributed by atoms with van der Waals surface area (Å²) in [7, 11) is 1.68. The van der Waals surface area contributed by atoms with E-state index in [0.29, 0.717) is 13.0 Å². The molecule has 0 unspecified atom stereocenters. The summed E-state index contributed by atoms with van der Waals surface area (Å²) in [5, 5.41) is 2.86. The third kappa shape index (κ3) is 3.38. The molecule has 1 aliphatic heterocycles. The fraction of sp³-hybridized carbons (Fsp3) is 0.278. The first-order chi connectivity index (χ1) is 11.6. The zero-order valence-electron chi connectivity index (χ0n) is 13.7. The van der Waals surface area contributed by atoms with Gasteiger partial charge in [-0.2, -0.15) is 0 Å². The second-order valence-electron chi connectivity index (χ2n) is 5.70. The zero-order chi connectivity index (χ0) is 17.1. The van der Waals surface area contributed by atoms with Gasteiger partial charge in [-0.3, -0.25) is 9.59 Å². The van der Waals surface area contributed by atoms with Crippen molar-refractivity contribution in [3.63, 3.8) is 0 Å². The van der Waals surface area contributed by atoms with Gasteiger partial charge in [0.05, 0.1) is 10.7 Å². The van der Waals surface area contributed by atoms with Gasteiger partial charge in [0.1, 0.15) is 6.04 Å². The second kappa shape index (κ2) is 6.97. The Labute approximate surface area is 145 Å². The molecule has 24 heavy (non-hydrogen) atoms. The van der Waals surface area contributed by atoms with Gasteiger partial charge in [0.15, 0.2) is 0 Å². The fourth-order valence-electron chi connectivity index (χ4n) is 2.77. The lowest BCUT2D eigenvalue weighted by molar-refractivity contribution is -0.132. The number of carbonyl (C=O) groups excluding carboxylic acids is 2. The van der Waals surface area contributed by atoms with Crippen LogP contribution in [0.3, 0.4) is 0 Å². The van der Waals surface area contributed by atoms with E-state index < -0.39 is 6.04 Å². The maximum absolute atomic E-state index is 12.6. The first kappa shape index (κ1) is 16.4. The zero-order valence-corrected chi connectivity index (χ0v) is 14.5. The molecule has 0 saturated carbocycles. The number of aryl methyl sites for hydroxylation is 1. The Bertz CT molecular complexity index is 770. The molecule has 1 aromatic carbocycles. The third-order valence-electron chi connectivity index (χ3n) is 4.09. The van der Waals surface area contributed by atoms with Crippen molar-refractivity contribution in [2.75, 3.05) is 18.5 Å². The van der Waals surface area contributed by atoms with Gasteiger partial charge in [-0.25, -0.2) is 4.98 Å². The molecule has 2 aromatic rings. The Balaban J connectivity index is 1.67. The van der Waals surface area contributed by atoms with Crippen molar-refractivity contribution in [1.29, 1.82) is 0 Å². The number of thiazole rings is 1. The van der Waals surface area contributed by atoms with Crippen LogP contribution in [0.4, 0.5) is 5.69 Å². The van der Waals surface area contributed by atoms with Crippen LogP contribution in [0.1, 0.15) is 17.1 Å². The normalized spacial score (nSPS) is 17.7. The lowest BCUT2D eigenvalue weighted by Crippen LogP contribution is -2.42. The van der Waals surface area contributed by atoms with Crippen molar-refractivity contribution < 1.29 is 9.59 Å². The third-order valence-corrected chi connectivity index (χ3v) is 4.89. The van der Waals surface area contributed by atoms with Gasteiger partial charge in [0, 0.05) is 30.7 Å². The summed E-state index contributed by atoms with van der Waals surface area (Å²) < 4.78 is 0. The number of amides is 2. The summed E-state index contributed by atoms with van der Waals surface area (Å²) in [6.45, 7) is 2.55. The number of likely N-dealkylation sites (N-methyl/N-ethyl adjacent to an activating group) is 1. The van der Waals surface area contributed by atoms with Crippen LogP contribution in [-0.4, -0.2) is 41.3 Å². The molecule has 1 saturated heterocycles. The molecule has 0 bridgehead atoms. The number of rotatable bonds is 4. The maximum atomic E-state index is 12.6. The first-order valence-corrected chi connectivity index (χ1v) is 8.67. The number of nitrogens with zero attached hydrogens (tertiary/aromatic N) is 3. The van der Waals surface area contributed by atoms with Crippen LogP contribution in [0.5, 0.6) is 0 Å². The molecular formula is C18H19N3O2S. The van der Waals surface area contributed by atoms with E-state index in [9.17, 15) is 9.59 Å². The summed E-state index contributed by atoms with van der Waals surface area (Å²) in [6, 6.07) is 9.13. The van der Waals surface area contributed by atoms with E-state index >= 15 is 0 Å². The van der Waals surface area contributed by atoms with Gasteiger partial charge in [-0.05, 0) is 31.6 Å². The summed E-state index contributed by atoms with van der Waals surface area (Å²) in [6.07, 6.45) is 3.81. The van der Waals surface area contributed by atoms with Gasteiger partial charge in [0.25, 0.3) is 0 Å². The van der Waals surface area contributed by atoms with Gasteiger partial charge < -0.3 is 9.80 Å². The number of hydrogen-bond donors (Lipinski definition) is 0. The van der Waals surface area contributed by atoms with Crippen molar-refractivity contribution in [2.45, 2.75) is 19.4 Å². The van der Waals surface area contributed by atoms with Gasteiger partial charge in [0.2, 0.25) is 11.8 Å². The molecule has 5 nitrogen and oxygen atoms in total. The number of para-hydroxylation sites is 1. The molecule has 0 N–H and O–H groups in total. The van der Waals surface area contributed by atoms with E-state index in [1.54, 1.807) is 29.4 Å². The van der Waals surface area contributed by atoms with Crippen LogP contribution in [0.2, 0.25) is 0 Å². The van der Waals surface area contributed by atoms with Crippen molar-refractivity contribution in [1.82, 2.24) is 9.88 Å². The van der Waals surface area contributed by atoms with Gasteiger partial charge >= 0.3 is 0 Å². The Morgan fingerprint density at radius 2 is 2.12 bits per heavy atom. The van der Waals surface area contributed by atoms with Crippen molar-refractivity contribution in [3.05, 3.63) is 52.5 Å². The monoisotopic (exact) mass is 341 g/mol. The van der Waals surface area contributed by atoms with E-state index in [-0.39, 0.29) is 11.8 Å². The van der Waals surface area contributed by atoms with E-state index in [1.165, 1.54) is 11.0 Å². The molecule has 0 radical (unpaired) electrons. The van der Waals surface area contributed by atoms with E-state index in [0.717, 1.165) is 16.4 Å². The Morgan fingerprint density at radius 3 is 2.79 bits per heavy atom.